The number of pyridine rings is 1. The normalized spacial score (nSPS) is 15.0. The van der Waals surface area contributed by atoms with E-state index in [2.05, 4.69) is 29.9 Å². The van der Waals surface area contributed by atoms with Crippen molar-refractivity contribution in [1.82, 2.24) is 5.32 Å². The Morgan fingerprint density at radius 2 is 1.96 bits per heavy atom. The highest BCUT2D eigenvalue weighted by Crippen LogP contribution is 2.26. The second kappa shape index (κ2) is 7.31. The van der Waals surface area contributed by atoms with Crippen LogP contribution in [0.15, 0.2) is 65.9 Å². The fourth-order valence-electron chi connectivity index (χ4n) is 3.06. The maximum absolute atomic E-state index is 13.1. The molecule has 2 aromatic rings. The van der Waals surface area contributed by atoms with Crippen LogP contribution in [-0.2, 0) is 0 Å². The molecule has 0 fully saturated rings. The van der Waals surface area contributed by atoms with Crippen LogP contribution in [0, 0.1) is 0 Å². The van der Waals surface area contributed by atoms with Crippen molar-refractivity contribution in [1.29, 1.82) is 0 Å². The summed E-state index contributed by atoms with van der Waals surface area (Å²) in [5.41, 5.74) is 3.51. The number of Topliss-reactive ketones (excluding diaryl/α,β-unsaturated/α-hetero) is 1. The minimum Gasteiger partial charge on any atom is -0.378 e. The number of nitrogens with one attached hydrogen (secondary N) is 2. The minimum atomic E-state index is -0.189. The van der Waals surface area contributed by atoms with Crippen LogP contribution < -0.4 is 20.9 Å². The van der Waals surface area contributed by atoms with E-state index in [1.54, 1.807) is 0 Å². The van der Waals surface area contributed by atoms with Crippen molar-refractivity contribution in [2.24, 2.45) is 0 Å². The highest BCUT2D eigenvalue weighted by atomic mass is 16.1. The van der Waals surface area contributed by atoms with Crippen LogP contribution in [0.4, 0.5) is 0 Å². The molecule has 1 aliphatic carbocycles. The van der Waals surface area contributed by atoms with Gasteiger partial charge in [0.25, 0.3) is 11.5 Å². The van der Waals surface area contributed by atoms with E-state index in [-0.39, 0.29) is 11.8 Å². The van der Waals surface area contributed by atoms with E-state index in [4.69, 9.17) is 0 Å². The zero-order chi connectivity index (χ0) is 17.8. The molecule has 0 aliphatic heterocycles. The van der Waals surface area contributed by atoms with E-state index >= 15 is 0 Å². The van der Waals surface area contributed by atoms with Gasteiger partial charge < -0.3 is 5.32 Å². The number of rotatable bonds is 5. The van der Waals surface area contributed by atoms with Crippen molar-refractivity contribution in [3.8, 4) is 0 Å². The number of hydrogen-bond donors (Lipinski definition) is 1. The number of ketones is 1. The molecule has 3 heteroatoms. The Morgan fingerprint density at radius 1 is 1.20 bits per heavy atom. The molecule has 1 heterocycles. The molecule has 25 heavy (non-hydrogen) atoms. The first kappa shape index (κ1) is 16.9. The zero-order valence-corrected chi connectivity index (χ0v) is 14.7. The van der Waals surface area contributed by atoms with Gasteiger partial charge in [-0.25, -0.2) is 4.98 Å². The van der Waals surface area contributed by atoms with Gasteiger partial charge in [0.1, 0.15) is 0 Å². The van der Waals surface area contributed by atoms with Crippen LogP contribution in [0.2, 0.25) is 0 Å². The maximum Gasteiger partial charge on any atom is 0.259 e. The van der Waals surface area contributed by atoms with Gasteiger partial charge in [-0.05, 0) is 37.6 Å². The van der Waals surface area contributed by atoms with Crippen molar-refractivity contribution < 1.29 is 9.78 Å². The fourth-order valence-corrected chi connectivity index (χ4v) is 3.06. The second-order valence-corrected chi connectivity index (χ2v) is 6.09. The summed E-state index contributed by atoms with van der Waals surface area (Å²) in [4.78, 5) is 16.3. The quantitative estimate of drug-likeness (QED) is 0.914. The lowest BCUT2D eigenvalue weighted by Gasteiger charge is -2.24. The number of allylic oxidation sites excluding steroid dienone is 3. The van der Waals surface area contributed by atoms with E-state index in [9.17, 15) is 4.79 Å². The summed E-state index contributed by atoms with van der Waals surface area (Å²) in [6.45, 7) is 8.01. The van der Waals surface area contributed by atoms with Gasteiger partial charge >= 0.3 is 0 Å². The molecule has 3 nitrogen and oxygen atoms in total. The molecule has 2 N–H and O–H groups in total. The Hall–Kier alpha value is -2.94. The standard InChI is InChI=1S/C22H22N2O/c1-4-18(5-2)24-20(16-9-7-6-8-10-16)19-14-13-17-12-11-15(3)23-21(17)22(19)25/h4,6-14,20,24H,3,5H2,1-2H3/p+1/b18-4+. The van der Waals surface area contributed by atoms with Gasteiger partial charge in [0.15, 0.2) is 5.35 Å². The minimum absolute atomic E-state index is 0.0101. The molecule has 3 rings (SSSR count). The Balaban J connectivity index is 2.08. The van der Waals surface area contributed by atoms with Gasteiger partial charge in [-0.15, -0.1) is 0 Å². The van der Waals surface area contributed by atoms with Crippen LogP contribution in [-0.4, -0.2) is 5.78 Å². The monoisotopic (exact) mass is 331 g/mol. The summed E-state index contributed by atoms with van der Waals surface area (Å²) in [7, 11) is 0. The molecular weight excluding hydrogens is 308 g/mol. The number of fused-ring (bicyclic) bond motifs is 1. The topological polar surface area (TPSA) is 43.2 Å². The number of carbonyl (C=O) groups excluding carboxylic acids is 1. The molecular formula is C22H23N2O+. The maximum atomic E-state index is 13.1. The number of aromatic amines is 1. The Morgan fingerprint density at radius 3 is 2.64 bits per heavy atom. The first-order chi connectivity index (χ1) is 12.1. The van der Waals surface area contributed by atoms with Crippen LogP contribution in [0.1, 0.15) is 42.4 Å². The predicted octanol–water partition coefficient (Wildman–Crippen LogP) is 2.46. The average molecular weight is 331 g/mol. The van der Waals surface area contributed by atoms with Gasteiger partial charge in [0.2, 0.25) is 0 Å². The first-order valence-corrected chi connectivity index (χ1v) is 8.58. The van der Waals surface area contributed by atoms with E-state index in [1.165, 1.54) is 0 Å². The molecule has 0 saturated heterocycles. The molecule has 1 aromatic carbocycles. The fraction of sp³-hybridized carbons (Fsp3) is 0.182. The Bertz CT molecular complexity index is 955. The van der Waals surface area contributed by atoms with Gasteiger partial charge in [0.05, 0.1) is 11.3 Å². The first-order valence-electron chi connectivity index (χ1n) is 8.58. The number of carbonyl (C=O) groups is 1. The average Bonchev–Trinajstić information content (AvgIpc) is 2.65. The molecule has 0 amide bonds. The van der Waals surface area contributed by atoms with Crippen LogP contribution in [0.25, 0.3) is 12.7 Å². The largest absolute Gasteiger partial charge is 0.378 e. The molecule has 0 radical (unpaired) electrons. The van der Waals surface area contributed by atoms with Crippen molar-refractivity contribution in [3.63, 3.8) is 0 Å². The van der Waals surface area contributed by atoms with Crippen molar-refractivity contribution >= 4 is 18.4 Å². The number of benzene rings is 1. The van der Waals surface area contributed by atoms with Gasteiger partial charge in [-0.2, -0.15) is 0 Å². The summed E-state index contributed by atoms with van der Waals surface area (Å²) < 4.78 is 0. The predicted molar refractivity (Wildman–Crippen MR) is 101 cm³/mol. The summed E-state index contributed by atoms with van der Waals surface area (Å²) in [6, 6.07) is 13.7. The lowest BCUT2D eigenvalue weighted by molar-refractivity contribution is -0.399. The Labute approximate surface area is 148 Å². The second-order valence-electron chi connectivity index (χ2n) is 6.09. The SMILES string of the molecule is C=c1ccc2c([nH+]1)C(=O)C(C(N/C(=C/C)CC)c1ccccc1)=CC=2. The van der Waals surface area contributed by atoms with E-state index < -0.39 is 0 Å². The van der Waals surface area contributed by atoms with Gasteiger partial charge in [-0.1, -0.05) is 49.4 Å². The lowest BCUT2D eigenvalue weighted by atomic mass is 9.90. The lowest BCUT2D eigenvalue weighted by Crippen LogP contribution is -2.42. The van der Waals surface area contributed by atoms with Crippen LogP contribution >= 0.6 is 0 Å². The molecule has 1 unspecified atom stereocenters. The van der Waals surface area contributed by atoms with E-state index in [1.807, 2.05) is 61.5 Å². The Kier molecular flexibility index (Phi) is 4.94. The molecule has 0 spiro atoms. The van der Waals surface area contributed by atoms with Gasteiger partial charge in [-0.3, -0.25) is 4.79 Å². The van der Waals surface area contributed by atoms with Crippen molar-refractivity contribution in [2.45, 2.75) is 26.3 Å². The molecule has 0 bridgehead atoms. The van der Waals surface area contributed by atoms with Crippen LogP contribution in [0.3, 0.4) is 0 Å². The zero-order valence-electron chi connectivity index (χ0n) is 14.7. The van der Waals surface area contributed by atoms with Crippen LogP contribution in [0.5, 0.6) is 0 Å². The molecule has 1 aromatic heterocycles. The summed E-state index contributed by atoms with van der Waals surface area (Å²) in [6.07, 6.45) is 6.86. The van der Waals surface area contributed by atoms with Crippen molar-refractivity contribution in [2.75, 3.05) is 0 Å². The summed E-state index contributed by atoms with van der Waals surface area (Å²) in [5.74, 6) is 0.0101. The molecule has 126 valence electrons. The molecule has 1 aliphatic rings. The summed E-state index contributed by atoms with van der Waals surface area (Å²) in [5, 5.41) is 5.17. The van der Waals surface area contributed by atoms with E-state index in [0.717, 1.165) is 33.8 Å². The van der Waals surface area contributed by atoms with E-state index in [0.29, 0.717) is 5.69 Å². The third-order valence-corrected chi connectivity index (χ3v) is 4.47. The third kappa shape index (κ3) is 3.45. The number of aromatic nitrogens is 1. The third-order valence-electron chi connectivity index (χ3n) is 4.47. The number of H-pyrrole nitrogens is 1. The smallest absolute Gasteiger partial charge is 0.259 e. The number of hydrogen-bond acceptors (Lipinski definition) is 2. The highest BCUT2D eigenvalue weighted by molar-refractivity contribution is 6.09. The molecule has 0 saturated carbocycles. The molecule has 1 atom stereocenters. The van der Waals surface area contributed by atoms with Crippen molar-refractivity contribution in [3.05, 3.63) is 87.7 Å². The summed E-state index contributed by atoms with van der Waals surface area (Å²) >= 11 is 0. The highest BCUT2D eigenvalue weighted by Gasteiger charge is 2.29. The van der Waals surface area contributed by atoms with Gasteiger partial charge in [0, 0.05) is 17.3 Å².